The van der Waals surface area contributed by atoms with Crippen LogP contribution in [0.1, 0.15) is 5.82 Å². The van der Waals surface area contributed by atoms with Gasteiger partial charge in [-0.3, -0.25) is 9.69 Å². The van der Waals surface area contributed by atoms with Gasteiger partial charge >= 0.3 is 6.09 Å². The Morgan fingerprint density at radius 2 is 1.89 bits per heavy atom. The Morgan fingerprint density at radius 3 is 2.57 bits per heavy atom. The maximum Gasteiger partial charge on any atom is 0.413 e. The van der Waals surface area contributed by atoms with Crippen molar-refractivity contribution in [3.05, 3.63) is 54.4 Å². The van der Waals surface area contributed by atoms with Crippen molar-refractivity contribution < 1.29 is 14.3 Å². The summed E-state index contributed by atoms with van der Waals surface area (Å²) in [5, 5.41) is 2.89. The van der Waals surface area contributed by atoms with Crippen LogP contribution in [0.3, 0.4) is 0 Å². The first-order valence-corrected chi connectivity index (χ1v) is 10.1. The lowest BCUT2D eigenvalue weighted by atomic mass is 10.2. The smallest absolute Gasteiger partial charge is 0.413 e. The molecule has 0 atom stereocenters. The summed E-state index contributed by atoms with van der Waals surface area (Å²) < 4.78 is 6.64. The molecule has 0 aliphatic carbocycles. The number of imidazole rings is 1. The van der Waals surface area contributed by atoms with Gasteiger partial charge in [0.2, 0.25) is 5.91 Å². The van der Waals surface area contributed by atoms with Gasteiger partial charge in [0, 0.05) is 18.4 Å². The first-order chi connectivity index (χ1) is 13.5. The third-order valence-corrected chi connectivity index (χ3v) is 4.84. The first kappa shape index (κ1) is 19.8. The summed E-state index contributed by atoms with van der Waals surface area (Å²) in [5.74, 6) is 1.47. The highest BCUT2D eigenvalue weighted by Gasteiger charge is 2.14. The van der Waals surface area contributed by atoms with E-state index in [1.807, 2.05) is 35.1 Å². The highest BCUT2D eigenvalue weighted by Crippen LogP contribution is 2.20. The Kier molecular flexibility index (Phi) is 6.20. The fourth-order valence-electron chi connectivity index (χ4n) is 2.90. The molecule has 3 rings (SSSR count). The van der Waals surface area contributed by atoms with Crippen molar-refractivity contribution in [2.75, 3.05) is 30.6 Å². The number of methoxy groups -OCH3 is 1. The summed E-state index contributed by atoms with van der Waals surface area (Å²) in [6, 6.07) is 14.8. The molecule has 0 radical (unpaired) electrons. The number of carbonyl (C=O) groups is 2. The minimum absolute atomic E-state index is 0.139. The molecule has 1 aromatic heterocycles. The molecule has 0 saturated carbocycles. The van der Waals surface area contributed by atoms with Crippen LogP contribution >= 0.6 is 11.8 Å². The summed E-state index contributed by atoms with van der Waals surface area (Å²) in [6.07, 6.45) is 1.56. The van der Waals surface area contributed by atoms with Gasteiger partial charge in [-0.05, 0) is 42.7 Å². The van der Waals surface area contributed by atoms with Crippen molar-refractivity contribution in [2.24, 2.45) is 0 Å². The predicted octanol–water partition coefficient (Wildman–Crippen LogP) is 3.74. The summed E-state index contributed by atoms with van der Waals surface area (Å²) in [7, 11) is 2.95. The van der Waals surface area contributed by atoms with E-state index in [4.69, 9.17) is 4.74 Å². The second-order valence-electron chi connectivity index (χ2n) is 6.16. The molecule has 0 fully saturated rings. The lowest BCUT2D eigenvalue weighted by Gasteiger charge is -2.16. The Hall–Kier alpha value is -3.00. The largest absolute Gasteiger partial charge is 0.452 e. The molecule has 0 bridgehead atoms. The van der Waals surface area contributed by atoms with E-state index in [-0.39, 0.29) is 12.5 Å². The molecule has 1 N–H and O–H groups in total. The number of carbonyl (C=O) groups excluding carboxylic acids is 2. The molecule has 3 aromatic rings. The number of nitrogens with one attached hydrogen (secondary N) is 1. The number of aromatic nitrogens is 2. The number of nitrogens with zero attached hydrogens (tertiary/aromatic N) is 3. The van der Waals surface area contributed by atoms with Crippen LogP contribution in [-0.4, -0.2) is 42.0 Å². The van der Waals surface area contributed by atoms with E-state index in [1.54, 1.807) is 43.1 Å². The number of hydrogen-bond donors (Lipinski definition) is 1. The zero-order valence-corrected chi connectivity index (χ0v) is 16.8. The third kappa shape index (κ3) is 4.28. The van der Waals surface area contributed by atoms with Crippen LogP contribution in [0.4, 0.5) is 16.2 Å². The van der Waals surface area contributed by atoms with Crippen molar-refractivity contribution in [1.82, 2.24) is 9.55 Å². The lowest BCUT2D eigenvalue weighted by molar-refractivity contribution is -0.116. The summed E-state index contributed by atoms with van der Waals surface area (Å²) in [6.45, 7) is 0.181. The maximum absolute atomic E-state index is 12.6. The molecule has 146 valence electrons. The van der Waals surface area contributed by atoms with Gasteiger partial charge in [-0.15, -0.1) is 0 Å². The average molecular weight is 398 g/mol. The van der Waals surface area contributed by atoms with E-state index in [0.717, 1.165) is 22.6 Å². The fraction of sp³-hybridized carbons (Fsp3) is 0.250. The number of fused-ring (bicyclic) bond motifs is 1. The fourth-order valence-corrected chi connectivity index (χ4v) is 3.37. The average Bonchev–Trinajstić information content (AvgIpc) is 3.05. The van der Waals surface area contributed by atoms with Gasteiger partial charge in [0.05, 0.1) is 23.9 Å². The zero-order chi connectivity index (χ0) is 20.1. The normalized spacial score (nSPS) is 10.7. The summed E-state index contributed by atoms with van der Waals surface area (Å²) in [4.78, 5) is 30.2. The van der Waals surface area contributed by atoms with Crippen molar-refractivity contribution in [1.29, 1.82) is 0 Å². The number of rotatable bonds is 6. The molecule has 2 aromatic carbocycles. The lowest BCUT2D eigenvalue weighted by Crippen LogP contribution is -2.25. The Labute approximate surface area is 167 Å². The minimum Gasteiger partial charge on any atom is -0.452 e. The van der Waals surface area contributed by atoms with E-state index in [2.05, 4.69) is 10.3 Å². The Bertz CT molecular complexity index is 985. The van der Waals surface area contributed by atoms with Gasteiger partial charge in [0.1, 0.15) is 12.4 Å². The number of para-hydroxylation sites is 2. The SMILES string of the molecule is COC(=O)N(C)c1ccc(NC(=O)Cn2c(CSC)nc3ccccc32)cc1. The van der Waals surface area contributed by atoms with Crippen LogP contribution < -0.4 is 10.2 Å². The monoisotopic (exact) mass is 398 g/mol. The van der Waals surface area contributed by atoms with Crippen molar-refractivity contribution in [3.8, 4) is 0 Å². The number of thioether (sulfide) groups is 1. The van der Waals surface area contributed by atoms with Crippen molar-refractivity contribution >= 4 is 46.2 Å². The van der Waals surface area contributed by atoms with Gasteiger partial charge in [0.25, 0.3) is 0 Å². The second kappa shape index (κ2) is 8.79. The molecule has 2 amide bonds. The first-order valence-electron chi connectivity index (χ1n) is 8.68. The number of benzene rings is 2. The van der Waals surface area contributed by atoms with Crippen LogP contribution in [0.5, 0.6) is 0 Å². The number of amides is 2. The summed E-state index contributed by atoms with van der Waals surface area (Å²) in [5.41, 5.74) is 3.15. The molecule has 0 saturated heterocycles. The third-order valence-electron chi connectivity index (χ3n) is 4.30. The van der Waals surface area contributed by atoms with E-state index < -0.39 is 6.09 Å². The maximum atomic E-state index is 12.6. The zero-order valence-electron chi connectivity index (χ0n) is 16.0. The van der Waals surface area contributed by atoms with Gasteiger partial charge < -0.3 is 14.6 Å². The highest BCUT2D eigenvalue weighted by molar-refractivity contribution is 7.97. The molecule has 0 aliphatic rings. The quantitative estimate of drug-likeness (QED) is 0.684. The predicted molar refractivity (Wildman–Crippen MR) is 113 cm³/mol. The molecule has 0 aliphatic heterocycles. The molecular formula is C20H22N4O3S. The van der Waals surface area contributed by atoms with Crippen LogP contribution in [0.15, 0.2) is 48.5 Å². The molecule has 0 spiro atoms. The molecule has 7 nitrogen and oxygen atoms in total. The van der Waals surface area contributed by atoms with E-state index in [9.17, 15) is 9.59 Å². The van der Waals surface area contributed by atoms with Crippen LogP contribution in [0.25, 0.3) is 11.0 Å². The molecule has 1 heterocycles. The number of ether oxygens (including phenoxy) is 1. The van der Waals surface area contributed by atoms with Gasteiger partial charge in [-0.1, -0.05) is 12.1 Å². The van der Waals surface area contributed by atoms with Crippen molar-refractivity contribution in [2.45, 2.75) is 12.3 Å². The van der Waals surface area contributed by atoms with Gasteiger partial charge in [-0.25, -0.2) is 9.78 Å². The standard InChI is InChI=1S/C20H22N4O3S/c1-23(20(26)27-2)15-10-8-14(9-11-15)21-19(25)12-24-17-7-5-4-6-16(17)22-18(24)13-28-3/h4-11H,12-13H2,1-3H3,(H,21,25). The summed E-state index contributed by atoms with van der Waals surface area (Å²) >= 11 is 1.67. The highest BCUT2D eigenvalue weighted by atomic mass is 32.2. The van der Waals surface area contributed by atoms with E-state index >= 15 is 0 Å². The van der Waals surface area contributed by atoms with Crippen LogP contribution in [0.2, 0.25) is 0 Å². The van der Waals surface area contributed by atoms with Crippen LogP contribution in [-0.2, 0) is 21.8 Å². The Morgan fingerprint density at radius 1 is 1.18 bits per heavy atom. The number of hydrogen-bond acceptors (Lipinski definition) is 5. The van der Waals surface area contributed by atoms with Gasteiger partial charge in [0.15, 0.2) is 0 Å². The van der Waals surface area contributed by atoms with Gasteiger partial charge in [-0.2, -0.15) is 11.8 Å². The minimum atomic E-state index is -0.454. The molecule has 0 unspecified atom stereocenters. The van der Waals surface area contributed by atoms with Crippen LogP contribution in [0, 0.1) is 0 Å². The molecule has 8 heteroatoms. The van der Waals surface area contributed by atoms with E-state index in [1.165, 1.54) is 12.0 Å². The second-order valence-corrected chi connectivity index (χ2v) is 7.03. The Balaban J connectivity index is 1.73. The van der Waals surface area contributed by atoms with E-state index in [0.29, 0.717) is 11.4 Å². The molecule has 28 heavy (non-hydrogen) atoms. The van der Waals surface area contributed by atoms with Crippen molar-refractivity contribution in [3.63, 3.8) is 0 Å². The topological polar surface area (TPSA) is 76.5 Å². The number of anilines is 2. The molecular weight excluding hydrogens is 376 g/mol.